The lowest BCUT2D eigenvalue weighted by Gasteiger charge is -2.38. The Bertz CT molecular complexity index is 1050. The highest BCUT2D eigenvalue weighted by Crippen LogP contribution is 2.37. The molecule has 4 rings (SSSR count). The molecule has 1 amide bonds. The number of hydrogen-bond donors (Lipinski definition) is 1. The Morgan fingerprint density at radius 2 is 1.70 bits per heavy atom. The molecule has 0 radical (unpaired) electrons. The van der Waals surface area contributed by atoms with Crippen LogP contribution in [-0.4, -0.2) is 30.6 Å². The zero-order chi connectivity index (χ0) is 21.2. The van der Waals surface area contributed by atoms with Crippen molar-refractivity contribution in [1.82, 2.24) is 10.3 Å². The number of carbonyl (C=O) groups is 1. The summed E-state index contributed by atoms with van der Waals surface area (Å²) in [6.07, 6.45) is -2.30. The molecule has 1 fully saturated rings. The summed E-state index contributed by atoms with van der Waals surface area (Å²) in [6, 6.07) is 15.7. The van der Waals surface area contributed by atoms with Crippen LogP contribution >= 0.6 is 0 Å². The molecule has 7 heteroatoms. The maximum Gasteiger partial charge on any atom is 0.417 e. The second-order valence-corrected chi connectivity index (χ2v) is 7.50. The van der Waals surface area contributed by atoms with Crippen LogP contribution in [0.1, 0.15) is 34.3 Å². The molecule has 0 spiro atoms. The normalized spacial score (nSPS) is 16.4. The van der Waals surface area contributed by atoms with Gasteiger partial charge < -0.3 is 10.1 Å². The fraction of sp³-hybridized carbons (Fsp3) is 0.304. The maximum atomic E-state index is 13.8. The van der Waals surface area contributed by atoms with Gasteiger partial charge in [0.1, 0.15) is 0 Å². The average molecular weight is 414 g/mol. The first kappa shape index (κ1) is 20.3. The second kappa shape index (κ2) is 8.07. The minimum atomic E-state index is -4.68. The Balaban J connectivity index is 1.66. The summed E-state index contributed by atoms with van der Waals surface area (Å²) in [5.74, 6) is -0.776. The van der Waals surface area contributed by atoms with Crippen LogP contribution in [0.3, 0.4) is 0 Å². The number of hydrogen-bond acceptors (Lipinski definition) is 3. The van der Waals surface area contributed by atoms with Crippen LogP contribution in [0.25, 0.3) is 10.9 Å². The van der Waals surface area contributed by atoms with Crippen molar-refractivity contribution in [2.45, 2.75) is 24.4 Å². The first-order valence-corrected chi connectivity index (χ1v) is 9.77. The number of ether oxygens (including phenoxy) is 1. The van der Waals surface area contributed by atoms with Gasteiger partial charge in [-0.15, -0.1) is 0 Å². The second-order valence-electron chi connectivity index (χ2n) is 7.50. The Morgan fingerprint density at radius 1 is 1.03 bits per heavy atom. The van der Waals surface area contributed by atoms with Crippen LogP contribution in [0.15, 0.2) is 60.8 Å². The van der Waals surface area contributed by atoms with E-state index in [-0.39, 0.29) is 22.9 Å². The number of para-hydroxylation sites is 1. The largest absolute Gasteiger partial charge is 0.417 e. The molecule has 30 heavy (non-hydrogen) atoms. The van der Waals surface area contributed by atoms with Crippen molar-refractivity contribution in [3.05, 3.63) is 77.5 Å². The number of fused-ring (bicyclic) bond motifs is 1. The lowest BCUT2D eigenvalue weighted by Crippen LogP contribution is -2.44. The standard InChI is InChI=1S/C23H21F3N2O2/c24-23(25,26)20-17-8-4-5-9-19(17)27-14-18(20)21(29)28-15-22(10-12-30-13-11-22)16-6-2-1-3-7-16/h1-9,14H,10-13,15H2,(H,28,29). The summed E-state index contributed by atoms with van der Waals surface area (Å²) >= 11 is 0. The van der Waals surface area contributed by atoms with Crippen LogP contribution < -0.4 is 5.32 Å². The molecule has 1 aliphatic heterocycles. The number of rotatable bonds is 4. The van der Waals surface area contributed by atoms with Crippen molar-refractivity contribution in [3.63, 3.8) is 0 Å². The topological polar surface area (TPSA) is 51.2 Å². The monoisotopic (exact) mass is 414 g/mol. The number of aromatic nitrogens is 1. The lowest BCUT2D eigenvalue weighted by atomic mass is 9.74. The zero-order valence-corrected chi connectivity index (χ0v) is 16.2. The highest BCUT2D eigenvalue weighted by molar-refractivity contribution is 6.00. The summed E-state index contributed by atoms with van der Waals surface area (Å²) in [7, 11) is 0. The Morgan fingerprint density at radius 3 is 2.40 bits per heavy atom. The SMILES string of the molecule is O=C(NCC1(c2ccccc2)CCOCC1)c1cnc2ccccc2c1C(F)(F)F. The average Bonchev–Trinajstić information content (AvgIpc) is 2.77. The molecule has 0 aliphatic carbocycles. The molecule has 4 nitrogen and oxygen atoms in total. The number of nitrogens with one attached hydrogen (secondary N) is 1. The van der Waals surface area contributed by atoms with Crippen LogP contribution in [0, 0.1) is 0 Å². The Hall–Kier alpha value is -2.93. The Kier molecular flexibility index (Phi) is 5.47. The van der Waals surface area contributed by atoms with E-state index in [2.05, 4.69) is 10.3 Å². The molecule has 1 aromatic heterocycles. The van der Waals surface area contributed by atoms with Crippen LogP contribution in [0.5, 0.6) is 0 Å². The molecular weight excluding hydrogens is 393 g/mol. The molecule has 2 aromatic carbocycles. The molecule has 0 atom stereocenters. The van der Waals surface area contributed by atoms with Gasteiger partial charge in [0.25, 0.3) is 5.91 Å². The van der Waals surface area contributed by atoms with E-state index in [1.165, 1.54) is 18.2 Å². The van der Waals surface area contributed by atoms with Gasteiger partial charge in [-0.2, -0.15) is 13.2 Å². The van der Waals surface area contributed by atoms with Gasteiger partial charge in [-0.05, 0) is 24.5 Å². The molecule has 3 aromatic rings. The van der Waals surface area contributed by atoms with E-state index in [0.717, 1.165) is 11.8 Å². The molecule has 0 unspecified atom stereocenters. The highest BCUT2D eigenvalue weighted by atomic mass is 19.4. The van der Waals surface area contributed by atoms with E-state index >= 15 is 0 Å². The van der Waals surface area contributed by atoms with Gasteiger partial charge in [0.15, 0.2) is 0 Å². The third-order valence-electron chi connectivity index (χ3n) is 5.73. The van der Waals surface area contributed by atoms with Gasteiger partial charge in [-0.1, -0.05) is 48.5 Å². The summed E-state index contributed by atoms with van der Waals surface area (Å²) in [4.78, 5) is 17.0. The van der Waals surface area contributed by atoms with Crippen LogP contribution in [-0.2, 0) is 16.3 Å². The van der Waals surface area contributed by atoms with Crippen molar-refractivity contribution >= 4 is 16.8 Å². The smallest absolute Gasteiger partial charge is 0.381 e. The summed E-state index contributed by atoms with van der Waals surface area (Å²) in [6.45, 7) is 1.30. The number of amides is 1. The molecule has 0 bridgehead atoms. The minimum absolute atomic E-state index is 0.0820. The predicted octanol–water partition coefficient (Wildman–Crippen LogP) is 4.73. The third-order valence-corrected chi connectivity index (χ3v) is 5.73. The molecule has 1 aliphatic rings. The quantitative estimate of drug-likeness (QED) is 0.672. The fourth-order valence-electron chi connectivity index (χ4n) is 4.08. The minimum Gasteiger partial charge on any atom is -0.381 e. The number of pyridine rings is 1. The fourth-order valence-corrected chi connectivity index (χ4v) is 4.08. The van der Waals surface area contributed by atoms with Gasteiger partial charge in [0.05, 0.1) is 16.6 Å². The van der Waals surface area contributed by atoms with E-state index < -0.39 is 23.2 Å². The number of benzene rings is 2. The first-order valence-electron chi connectivity index (χ1n) is 9.77. The van der Waals surface area contributed by atoms with E-state index in [0.29, 0.717) is 26.1 Å². The number of carbonyl (C=O) groups excluding carboxylic acids is 1. The van der Waals surface area contributed by atoms with E-state index in [1.54, 1.807) is 6.07 Å². The predicted molar refractivity (Wildman–Crippen MR) is 107 cm³/mol. The van der Waals surface area contributed by atoms with E-state index in [4.69, 9.17) is 4.74 Å². The molecule has 2 heterocycles. The van der Waals surface area contributed by atoms with Crippen molar-refractivity contribution in [2.75, 3.05) is 19.8 Å². The van der Waals surface area contributed by atoms with Gasteiger partial charge in [-0.25, -0.2) is 0 Å². The highest BCUT2D eigenvalue weighted by Gasteiger charge is 2.39. The number of alkyl halides is 3. The summed E-state index contributed by atoms with van der Waals surface area (Å²) in [5.41, 5.74) is -0.548. The molecule has 0 saturated carbocycles. The first-order chi connectivity index (χ1) is 14.4. The summed E-state index contributed by atoms with van der Waals surface area (Å²) in [5, 5.41) is 2.67. The molecule has 1 N–H and O–H groups in total. The van der Waals surface area contributed by atoms with Crippen molar-refractivity contribution < 1.29 is 22.7 Å². The number of nitrogens with zero attached hydrogens (tertiary/aromatic N) is 1. The Labute approximate surface area is 172 Å². The van der Waals surface area contributed by atoms with Gasteiger partial charge in [0, 0.05) is 36.8 Å². The van der Waals surface area contributed by atoms with E-state index in [9.17, 15) is 18.0 Å². The van der Waals surface area contributed by atoms with Crippen molar-refractivity contribution in [2.24, 2.45) is 0 Å². The van der Waals surface area contributed by atoms with Gasteiger partial charge in [-0.3, -0.25) is 9.78 Å². The lowest BCUT2D eigenvalue weighted by molar-refractivity contribution is -0.136. The van der Waals surface area contributed by atoms with Gasteiger partial charge >= 0.3 is 6.18 Å². The van der Waals surface area contributed by atoms with Crippen LogP contribution in [0.4, 0.5) is 13.2 Å². The molecular formula is C23H21F3N2O2. The van der Waals surface area contributed by atoms with Crippen molar-refractivity contribution in [3.8, 4) is 0 Å². The maximum absolute atomic E-state index is 13.8. The van der Waals surface area contributed by atoms with Crippen molar-refractivity contribution in [1.29, 1.82) is 0 Å². The zero-order valence-electron chi connectivity index (χ0n) is 16.2. The summed E-state index contributed by atoms with van der Waals surface area (Å²) < 4.78 is 47.0. The molecule has 156 valence electrons. The number of halogens is 3. The molecule has 1 saturated heterocycles. The third kappa shape index (κ3) is 3.89. The van der Waals surface area contributed by atoms with Crippen LogP contribution in [0.2, 0.25) is 0 Å². The van der Waals surface area contributed by atoms with Gasteiger partial charge in [0.2, 0.25) is 0 Å². The van der Waals surface area contributed by atoms with E-state index in [1.807, 2.05) is 30.3 Å².